The molecule has 5 heteroatoms. The van der Waals surface area contributed by atoms with E-state index in [0.29, 0.717) is 23.3 Å². The van der Waals surface area contributed by atoms with Crippen molar-refractivity contribution in [1.29, 1.82) is 0 Å². The van der Waals surface area contributed by atoms with Crippen molar-refractivity contribution in [3.63, 3.8) is 0 Å². The van der Waals surface area contributed by atoms with Gasteiger partial charge in [-0.1, -0.05) is 5.92 Å². The van der Waals surface area contributed by atoms with Crippen LogP contribution in [0.1, 0.15) is 15.9 Å². The molecule has 0 saturated heterocycles. The van der Waals surface area contributed by atoms with E-state index in [2.05, 4.69) is 5.92 Å². The van der Waals surface area contributed by atoms with E-state index in [0.717, 1.165) is 0 Å². The first-order valence-corrected chi connectivity index (χ1v) is 4.58. The minimum atomic E-state index is -1.26. The van der Waals surface area contributed by atoms with Gasteiger partial charge in [0.05, 0.1) is 19.8 Å². The maximum absolute atomic E-state index is 10.7. The molecule has 5 nitrogen and oxygen atoms in total. The maximum Gasteiger partial charge on any atom is 0.382 e. The summed E-state index contributed by atoms with van der Waals surface area (Å²) in [5.74, 6) is 3.72. The summed E-state index contributed by atoms with van der Waals surface area (Å²) in [5.41, 5.74) is 0.619. The summed E-state index contributed by atoms with van der Waals surface area (Å²) in [6, 6.07) is 2.92. The van der Waals surface area contributed by atoms with Crippen LogP contribution in [0.2, 0.25) is 0 Å². The highest BCUT2D eigenvalue weighted by Gasteiger charge is 2.10. The molecule has 0 aliphatic rings. The molecule has 0 heterocycles. The monoisotopic (exact) mass is 234 g/mol. The van der Waals surface area contributed by atoms with E-state index < -0.39 is 5.97 Å². The van der Waals surface area contributed by atoms with Crippen LogP contribution in [0.3, 0.4) is 0 Å². The number of benzene rings is 1. The Morgan fingerprint density at radius 1 is 1.35 bits per heavy atom. The van der Waals surface area contributed by atoms with Crippen LogP contribution < -0.4 is 9.47 Å². The zero-order chi connectivity index (χ0) is 12.8. The molecule has 88 valence electrons. The van der Waals surface area contributed by atoms with Gasteiger partial charge in [0.15, 0.2) is 11.5 Å². The molecule has 0 saturated carbocycles. The predicted octanol–water partition coefficient (Wildman–Crippen LogP) is 0.952. The van der Waals surface area contributed by atoms with Crippen LogP contribution in [0.5, 0.6) is 11.5 Å². The summed E-state index contributed by atoms with van der Waals surface area (Å²) in [7, 11) is 2.82. The van der Waals surface area contributed by atoms with Gasteiger partial charge in [-0.25, -0.2) is 4.79 Å². The van der Waals surface area contributed by atoms with Gasteiger partial charge in [-0.15, -0.1) is 0 Å². The third-order valence-corrected chi connectivity index (χ3v) is 1.94. The summed E-state index contributed by atoms with van der Waals surface area (Å²) in [6.07, 6.45) is 0.619. The topological polar surface area (TPSA) is 72.8 Å². The summed E-state index contributed by atoms with van der Waals surface area (Å²) in [6.45, 7) is 0. The van der Waals surface area contributed by atoms with Crippen molar-refractivity contribution in [3.05, 3.63) is 23.3 Å². The number of carbonyl (C=O) groups is 2. The van der Waals surface area contributed by atoms with Crippen LogP contribution in [0, 0.1) is 11.8 Å². The fraction of sp³-hybridized carbons (Fsp3) is 0.167. The molecular weight excluding hydrogens is 224 g/mol. The molecule has 0 aliphatic carbocycles. The maximum atomic E-state index is 10.7. The molecule has 0 radical (unpaired) electrons. The van der Waals surface area contributed by atoms with Gasteiger partial charge in [0, 0.05) is 11.5 Å². The lowest BCUT2D eigenvalue weighted by atomic mass is 10.1. The summed E-state index contributed by atoms with van der Waals surface area (Å²) < 4.78 is 10.1. The number of carboxylic acids is 1. The van der Waals surface area contributed by atoms with Crippen molar-refractivity contribution in [3.8, 4) is 23.3 Å². The normalized spacial score (nSPS) is 8.82. The van der Waals surface area contributed by atoms with Crippen molar-refractivity contribution >= 4 is 12.3 Å². The Bertz CT molecular complexity index is 508. The van der Waals surface area contributed by atoms with E-state index in [4.69, 9.17) is 14.6 Å². The van der Waals surface area contributed by atoms with Crippen LogP contribution >= 0.6 is 0 Å². The first-order valence-electron chi connectivity index (χ1n) is 4.58. The van der Waals surface area contributed by atoms with Gasteiger partial charge in [0.1, 0.15) is 6.29 Å². The van der Waals surface area contributed by atoms with E-state index >= 15 is 0 Å². The van der Waals surface area contributed by atoms with Gasteiger partial charge < -0.3 is 14.6 Å². The van der Waals surface area contributed by atoms with Crippen molar-refractivity contribution in [1.82, 2.24) is 0 Å². The minimum absolute atomic E-state index is 0.288. The average Bonchev–Trinajstić information content (AvgIpc) is 2.34. The number of ether oxygens (including phenoxy) is 2. The first-order chi connectivity index (χ1) is 8.12. The summed E-state index contributed by atoms with van der Waals surface area (Å²) >= 11 is 0. The Morgan fingerprint density at radius 3 is 2.53 bits per heavy atom. The van der Waals surface area contributed by atoms with Crippen LogP contribution in [0.15, 0.2) is 12.1 Å². The second-order valence-electron chi connectivity index (χ2n) is 2.98. The highest BCUT2D eigenvalue weighted by molar-refractivity contribution is 5.88. The molecule has 1 N–H and O–H groups in total. The van der Waals surface area contributed by atoms with Crippen molar-refractivity contribution in [2.24, 2.45) is 0 Å². The Balaban J connectivity index is 3.40. The minimum Gasteiger partial charge on any atom is -0.493 e. The molecule has 0 spiro atoms. The highest BCUT2D eigenvalue weighted by Crippen LogP contribution is 2.31. The largest absolute Gasteiger partial charge is 0.493 e. The fourth-order valence-electron chi connectivity index (χ4n) is 1.27. The third-order valence-electron chi connectivity index (χ3n) is 1.94. The number of aliphatic carboxylic acids is 1. The number of carbonyl (C=O) groups excluding carboxylic acids is 1. The molecule has 0 atom stereocenters. The molecule has 0 fully saturated rings. The molecule has 17 heavy (non-hydrogen) atoms. The van der Waals surface area contributed by atoms with E-state index in [1.54, 1.807) is 0 Å². The van der Waals surface area contributed by atoms with Gasteiger partial charge in [-0.05, 0) is 12.1 Å². The van der Waals surface area contributed by atoms with Crippen molar-refractivity contribution in [2.45, 2.75) is 0 Å². The van der Waals surface area contributed by atoms with Crippen LogP contribution in [0.25, 0.3) is 0 Å². The van der Waals surface area contributed by atoms with Crippen LogP contribution in [-0.4, -0.2) is 31.6 Å². The number of hydrogen-bond acceptors (Lipinski definition) is 4. The standard InChI is InChI=1S/C12H10O5/c1-16-10-6-8(7-13)5-9(12(10)17-2)3-4-11(14)15/h5-7H,1-2H3,(H,14,15). The van der Waals surface area contributed by atoms with Gasteiger partial charge in [0.2, 0.25) is 0 Å². The van der Waals surface area contributed by atoms with Crippen molar-refractivity contribution < 1.29 is 24.2 Å². The van der Waals surface area contributed by atoms with Gasteiger partial charge in [-0.3, -0.25) is 4.79 Å². The van der Waals surface area contributed by atoms with Crippen LogP contribution in [0.4, 0.5) is 0 Å². The predicted molar refractivity (Wildman–Crippen MR) is 59.4 cm³/mol. The second-order valence-corrected chi connectivity index (χ2v) is 2.98. The Kier molecular flexibility index (Phi) is 4.12. The van der Waals surface area contributed by atoms with Crippen molar-refractivity contribution in [2.75, 3.05) is 14.2 Å². The van der Waals surface area contributed by atoms with E-state index in [-0.39, 0.29) is 5.56 Å². The lowest BCUT2D eigenvalue weighted by Gasteiger charge is -2.09. The van der Waals surface area contributed by atoms with E-state index in [1.165, 1.54) is 26.4 Å². The van der Waals surface area contributed by atoms with Gasteiger partial charge in [0.25, 0.3) is 0 Å². The molecule has 1 aromatic rings. The first kappa shape index (κ1) is 12.6. The molecule has 0 unspecified atom stereocenters. The smallest absolute Gasteiger partial charge is 0.382 e. The van der Waals surface area contributed by atoms with Gasteiger partial charge in [-0.2, -0.15) is 0 Å². The van der Waals surface area contributed by atoms with E-state index in [1.807, 2.05) is 5.92 Å². The summed E-state index contributed by atoms with van der Waals surface area (Å²) in [5, 5.41) is 8.48. The number of hydrogen-bond donors (Lipinski definition) is 1. The quantitative estimate of drug-likeness (QED) is 0.622. The highest BCUT2D eigenvalue weighted by atomic mass is 16.5. The molecule has 1 aromatic carbocycles. The SMILES string of the molecule is COc1cc(C=O)cc(C#CC(=O)O)c1OC. The van der Waals surface area contributed by atoms with Gasteiger partial charge >= 0.3 is 5.97 Å². The molecular formula is C12H10O5. The second kappa shape index (κ2) is 5.56. The molecule has 0 amide bonds. The van der Waals surface area contributed by atoms with Crippen LogP contribution in [-0.2, 0) is 4.79 Å². The average molecular weight is 234 g/mol. The zero-order valence-electron chi connectivity index (χ0n) is 9.31. The Hall–Kier alpha value is -2.48. The third kappa shape index (κ3) is 2.98. The zero-order valence-corrected chi connectivity index (χ0v) is 9.31. The molecule has 0 aliphatic heterocycles. The Labute approximate surface area is 98.0 Å². The lowest BCUT2D eigenvalue weighted by Crippen LogP contribution is -1.96. The number of methoxy groups -OCH3 is 2. The molecule has 1 rings (SSSR count). The Morgan fingerprint density at radius 2 is 2.06 bits per heavy atom. The number of aldehydes is 1. The number of rotatable bonds is 3. The van der Waals surface area contributed by atoms with E-state index in [9.17, 15) is 9.59 Å². The number of carboxylic acid groups (broad SMARTS) is 1. The molecule has 0 bridgehead atoms. The lowest BCUT2D eigenvalue weighted by molar-refractivity contribution is -0.130. The summed E-state index contributed by atoms with van der Waals surface area (Å²) in [4.78, 5) is 21.1. The molecule has 0 aromatic heterocycles. The fourth-order valence-corrected chi connectivity index (χ4v) is 1.27.